The van der Waals surface area contributed by atoms with E-state index >= 15 is 0 Å². The molecule has 0 spiro atoms. The van der Waals surface area contributed by atoms with Crippen molar-refractivity contribution in [1.29, 1.82) is 0 Å². The Morgan fingerprint density at radius 2 is 2.29 bits per heavy atom. The Morgan fingerprint density at radius 1 is 1.43 bits per heavy atom. The summed E-state index contributed by atoms with van der Waals surface area (Å²) in [4.78, 5) is 26.1. The molecule has 0 aromatic heterocycles. The van der Waals surface area contributed by atoms with Gasteiger partial charge in [-0.05, 0) is 49.7 Å². The Kier molecular flexibility index (Phi) is 3.92. The molecule has 2 aliphatic heterocycles. The minimum absolute atomic E-state index is 0.0120. The Labute approximate surface area is 124 Å². The van der Waals surface area contributed by atoms with Crippen molar-refractivity contribution in [1.82, 2.24) is 4.90 Å². The number of benzene rings is 1. The van der Waals surface area contributed by atoms with Gasteiger partial charge >= 0.3 is 0 Å². The van der Waals surface area contributed by atoms with Gasteiger partial charge in [0.25, 0.3) is 0 Å². The molecule has 0 radical (unpaired) electrons. The second kappa shape index (κ2) is 5.85. The normalized spacial score (nSPS) is 21.8. The number of piperidine rings is 1. The maximum absolute atomic E-state index is 12.5. The first-order chi connectivity index (χ1) is 10.2. The van der Waals surface area contributed by atoms with Gasteiger partial charge in [-0.2, -0.15) is 0 Å². The third kappa shape index (κ3) is 2.93. The number of anilines is 2. The summed E-state index contributed by atoms with van der Waals surface area (Å²) in [6.45, 7) is 4.00. The molecule has 1 saturated heterocycles. The van der Waals surface area contributed by atoms with Crippen LogP contribution < -0.4 is 10.6 Å². The lowest BCUT2D eigenvalue weighted by Crippen LogP contribution is -2.46. The van der Waals surface area contributed by atoms with E-state index < -0.39 is 0 Å². The van der Waals surface area contributed by atoms with Crippen LogP contribution in [-0.4, -0.2) is 35.8 Å². The average Bonchev–Trinajstić information content (AvgIpc) is 2.86. The van der Waals surface area contributed by atoms with Crippen molar-refractivity contribution in [3.8, 4) is 0 Å². The zero-order valence-electron chi connectivity index (χ0n) is 12.3. The van der Waals surface area contributed by atoms with E-state index in [4.69, 9.17) is 0 Å². The number of fused-ring (bicyclic) bond motifs is 1. The van der Waals surface area contributed by atoms with E-state index in [0.717, 1.165) is 42.9 Å². The zero-order valence-corrected chi connectivity index (χ0v) is 12.3. The van der Waals surface area contributed by atoms with E-state index in [9.17, 15) is 9.59 Å². The minimum Gasteiger partial charge on any atom is -0.326 e. The van der Waals surface area contributed by atoms with Gasteiger partial charge in [-0.1, -0.05) is 13.3 Å². The molecule has 2 N–H and O–H groups in total. The van der Waals surface area contributed by atoms with Crippen molar-refractivity contribution < 1.29 is 9.59 Å². The molecule has 2 heterocycles. The van der Waals surface area contributed by atoms with Crippen molar-refractivity contribution in [2.75, 3.05) is 23.7 Å². The lowest BCUT2D eigenvalue weighted by molar-refractivity contribution is -0.122. The Hall–Kier alpha value is -1.88. The van der Waals surface area contributed by atoms with Gasteiger partial charge in [0.15, 0.2) is 0 Å². The molecule has 2 aliphatic rings. The van der Waals surface area contributed by atoms with Crippen molar-refractivity contribution in [3.05, 3.63) is 23.8 Å². The first-order valence-corrected chi connectivity index (χ1v) is 7.65. The molecule has 2 amide bonds. The summed E-state index contributed by atoms with van der Waals surface area (Å²) in [6.07, 6.45) is 3.59. The van der Waals surface area contributed by atoms with Gasteiger partial charge < -0.3 is 10.6 Å². The SMILES string of the molecule is CCN1CCCC[C@H]1C(=O)Nc1ccc2c(c1)CC(=O)N2. The van der Waals surface area contributed by atoms with Gasteiger partial charge in [0.1, 0.15) is 0 Å². The average molecular weight is 287 g/mol. The molecule has 5 heteroatoms. The molecular weight excluding hydrogens is 266 g/mol. The Balaban J connectivity index is 1.70. The van der Waals surface area contributed by atoms with E-state index in [1.54, 1.807) is 0 Å². The van der Waals surface area contributed by atoms with E-state index in [-0.39, 0.29) is 17.9 Å². The van der Waals surface area contributed by atoms with Crippen LogP contribution in [0.2, 0.25) is 0 Å². The predicted molar refractivity (Wildman–Crippen MR) is 82.3 cm³/mol. The molecule has 1 aromatic rings. The number of carbonyl (C=O) groups is 2. The molecule has 1 fully saturated rings. The third-order valence-electron chi connectivity index (χ3n) is 4.32. The van der Waals surface area contributed by atoms with E-state index in [1.165, 1.54) is 6.42 Å². The fourth-order valence-corrected chi connectivity index (χ4v) is 3.20. The fourth-order valence-electron chi connectivity index (χ4n) is 3.20. The number of hydrogen-bond acceptors (Lipinski definition) is 3. The maximum Gasteiger partial charge on any atom is 0.241 e. The van der Waals surface area contributed by atoms with Crippen molar-refractivity contribution in [3.63, 3.8) is 0 Å². The fraction of sp³-hybridized carbons (Fsp3) is 0.500. The highest BCUT2D eigenvalue weighted by atomic mass is 16.2. The third-order valence-corrected chi connectivity index (χ3v) is 4.32. The van der Waals surface area contributed by atoms with Gasteiger partial charge in [0.05, 0.1) is 12.5 Å². The summed E-state index contributed by atoms with van der Waals surface area (Å²) in [5.41, 5.74) is 2.58. The van der Waals surface area contributed by atoms with Crippen LogP contribution in [0.3, 0.4) is 0 Å². The molecular formula is C16H21N3O2. The molecule has 21 heavy (non-hydrogen) atoms. The smallest absolute Gasteiger partial charge is 0.241 e. The number of nitrogens with one attached hydrogen (secondary N) is 2. The van der Waals surface area contributed by atoms with Crippen molar-refractivity contribution in [2.45, 2.75) is 38.6 Å². The van der Waals surface area contributed by atoms with Crippen LogP contribution >= 0.6 is 0 Å². The minimum atomic E-state index is -0.0308. The van der Waals surface area contributed by atoms with Crippen LogP contribution in [0, 0.1) is 0 Å². The lowest BCUT2D eigenvalue weighted by Gasteiger charge is -2.33. The van der Waals surface area contributed by atoms with Crippen LogP contribution in [0.4, 0.5) is 11.4 Å². The van der Waals surface area contributed by atoms with Gasteiger partial charge in [-0.15, -0.1) is 0 Å². The number of likely N-dealkylation sites (N-methyl/N-ethyl adjacent to an activating group) is 1. The standard InChI is InChI=1S/C16H21N3O2/c1-2-19-8-4-3-5-14(19)16(21)17-12-6-7-13-11(9-12)10-15(20)18-13/h6-7,9,14H,2-5,8,10H2,1H3,(H,17,21)(H,18,20)/t14-/m0/s1. The van der Waals surface area contributed by atoms with E-state index in [1.807, 2.05) is 18.2 Å². The highest BCUT2D eigenvalue weighted by molar-refractivity contribution is 6.00. The van der Waals surface area contributed by atoms with Crippen LogP contribution in [-0.2, 0) is 16.0 Å². The van der Waals surface area contributed by atoms with Crippen LogP contribution in [0.5, 0.6) is 0 Å². The van der Waals surface area contributed by atoms with Gasteiger partial charge in [0, 0.05) is 11.4 Å². The lowest BCUT2D eigenvalue weighted by atomic mass is 10.0. The molecule has 0 unspecified atom stereocenters. The van der Waals surface area contributed by atoms with Crippen LogP contribution in [0.25, 0.3) is 0 Å². The van der Waals surface area contributed by atoms with Gasteiger partial charge in [-0.25, -0.2) is 0 Å². The second-order valence-corrected chi connectivity index (χ2v) is 5.73. The molecule has 0 aliphatic carbocycles. The quantitative estimate of drug-likeness (QED) is 0.894. The van der Waals surface area contributed by atoms with Gasteiger partial charge in [-0.3, -0.25) is 14.5 Å². The molecule has 3 rings (SSSR count). The number of rotatable bonds is 3. The van der Waals surface area contributed by atoms with Crippen molar-refractivity contribution >= 4 is 23.2 Å². The maximum atomic E-state index is 12.5. The topological polar surface area (TPSA) is 61.4 Å². The summed E-state index contributed by atoms with van der Waals surface area (Å²) in [7, 11) is 0. The number of hydrogen-bond donors (Lipinski definition) is 2. The van der Waals surface area contributed by atoms with Crippen LogP contribution in [0.1, 0.15) is 31.7 Å². The summed E-state index contributed by atoms with van der Waals surface area (Å²) >= 11 is 0. The molecule has 5 nitrogen and oxygen atoms in total. The van der Waals surface area contributed by atoms with E-state index in [2.05, 4.69) is 22.5 Å². The number of nitrogens with zero attached hydrogens (tertiary/aromatic N) is 1. The number of carbonyl (C=O) groups excluding carboxylic acids is 2. The highest BCUT2D eigenvalue weighted by Crippen LogP contribution is 2.26. The molecule has 1 atom stereocenters. The summed E-state index contributed by atoms with van der Waals surface area (Å²) in [6, 6.07) is 5.57. The molecule has 0 saturated carbocycles. The molecule has 0 bridgehead atoms. The van der Waals surface area contributed by atoms with Crippen molar-refractivity contribution in [2.24, 2.45) is 0 Å². The molecule has 1 aromatic carbocycles. The molecule has 112 valence electrons. The van der Waals surface area contributed by atoms with E-state index in [0.29, 0.717) is 6.42 Å². The van der Waals surface area contributed by atoms with Crippen LogP contribution in [0.15, 0.2) is 18.2 Å². The summed E-state index contributed by atoms with van der Waals surface area (Å²) in [5, 5.41) is 5.80. The number of amides is 2. The second-order valence-electron chi connectivity index (χ2n) is 5.73. The highest BCUT2D eigenvalue weighted by Gasteiger charge is 2.27. The monoisotopic (exact) mass is 287 g/mol. The first-order valence-electron chi connectivity index (χ1n) is 7.65. The van der Waals surface area contributed by atoms with Gasteiger partial charge in [0.2, 0.25) is 11.8 Å². The predicted octanol–water partition coefficient (Wildman–Crippen LogP) is 1.99. The first kappa shape index (κ1) is 14.1. The summed E-state index contributed by atoms with van der Waals surface area (Å²) < 4.78 is 0. The largest absolute Gasteiger partial charge is 0.326 e. The Bertz CT molecular complexity index is 571. The Morgan fingerprint density at radius 3 is 3.10 bits per heavy atom. The zero-order chi connectivity index (χ0) is 14.8. The number of likely N-dealkylation sites (tertiary alicyclic amines) is 1. The summed E-state index contributed by atoms with van der Waals surface area (Å²) in [5.74, 6) is 0.0756.